The van der Waals surface area contributed by atoms with Crippen LogP contribution in [0.25, 0.3) is 16.7 Å². The van der Waals surface area contributed by atoms with Crippen molar-refractivity contribution in [3.63, 3.8) is 0 Å². The normalized spacial score (nSPS) is 11.3. The molecule has 0 aliphatic rings. The second-order valence-electron chi connectivity index (χ2n) is 4.35. The van der Waals surface area contributed by atoms with E-state index in [2.05, 4.69) is 20.9 Å². The van der Waals surface area contributed by atoms with Gasteiger partial charge in [0.1, 0.15) is 17.5 Å². The summed E-state index contributed by atoms with van der Waals surface area (Å²) in [4.78, 5) is 4.33. The zero-order valence-corrected chi connectivity index (χ0v) is 13.5. The number of alkyl halides is 1. The largest absolute Gasteiger partial charge is 0.295 e. The molecule has 7 heteroatoms. The monoisotopic (exact) mass is 390 g/mol. The predicted molar refractivity (Wildman–Crippen MR) is 83.3 cm³/mol. The van der Waals surface area contributed by atoms with Crippen molar-refractivity contribution in [1.29, 1.82) is 0 Å². The van der Waals surface area contributed by atoms with Gasteiger partial charge < -0.3 is 0 Å². The highest BCUT2D eigenvalue weighted by atomic mass is 79.9. The number of fused-ring (bicyclic) bond motifs is 1. The minimum Gasteiger partial charge on any atom is -0.295 e. The van der Waals surface area contributed by atoms with Crippen LogP contribution in [0.3, 0.4) is 0 Å². The summed E-state index contributed by atoms with van der Waals surface area (Å²) in [6.07, 6.45) is 0. The molecule has 1 heterocycles. The Morgan fingerprint density at radius 1 is 1.14 bits per heavy atom. The Kier molecular flexibility index (Phi) is 3.90. The topological polar surface area (TPSA) is 17.8 Å². The van der Waals surface area contributed by atoms with Gasteiger partial charge in [-0.3, -0.25) is 4.57 Å². The van der Waals surface area contributed by atoms with Crippen molar-refractivity contribution in [3.05, 3.63) is 57.3 Å². The molecule has 0 saturated heterocycles. The quantitative estimate of drug-likeness (QED) is 0.530. The fourth-order valence-corrected chi connectivity index (χ4v) is 2.83. The number of imidazole rings is 1. The average Bonchev–Trinajstić information content (AvgIpc) is 2.80. The first-order chi connectivity index (χ1) is 10.0. The summed E-state index contributed by atoms with van der Waals surface area (Å²) in [5.74, 6) is -0.285. The van der Waals surface area contributed by atoms with Crippen molar-refractivity contribution in [2.45, 2.75) is 5.88 Å². The number of hydrogen-bond acceptors (Lipinski definition) is 1. The summed E-state index contributed by atoms with van der Waals surface area (Å²) in [6, 6.07) is 7.20. The molecule has 21 heavy (non-hydrogen) atoms. The second kappa shape index (κ2) is 5.55. The molecule has 3 aromatic rings. The number of benzene rings is 2. The van der Waals surface area contributed by atoms with Crippen LogP contribution in [0.15, 0.2) is 34.8 Å². The third-order valence-corrected chi connectivity index (χ3v) is 4.18. The van der Waals surface area contributed by atoms with Crippen molar-refractivity contribution in [2.24, 2.45) is 0 Å². The first-order valence-corrected chi connectivity index (χ1v) is 7.59. The van der Waals surface area contributed by atoms with Crippen molar-refractivity contribution in [3.8, 4) is 5.69 Å². The average molecular weight is 392 g/mol. The first kappa shape index (κ1) is 14.8. The third kappa shape index (κ3) is 2.54. The summed E-state index contributed by atoms with van der Waals surface area (Å²) >= 11 is 14.8. The van der Waals surface area contributed by atoms with Gasteiger partial charge in [0.25, 0.3) is 0 Å². The van der Waals surface area contributed by atoms with Crippen LogP contribution in [0, 0.1) is 11.6 Å². The SMILES string of the molecule is Fc1cc2c(cc1Cl)nc(CCl)n2-c1ccc(F)c(Br)c1. The summed E-state index contributed by atoms with van der Waals surface area (Å²) < 4.78 is 29.1. The molecular formula is C14H7BrCl2F2N2. The molecule has 1 aromatic heterocycles. The Bertz CT molecular complexity index is 849. The Labute approximate surface area is 137 Å². The summed E-state index contributed by atoms with van der Waals surface area (Å²) in [7, 11) is 0. The third-order valence-electron chi connectivity index (χ3n) is 3.05. The Morgan fingerprint density at radius 3 is 2.57 bits per heavy atom. The molecule has 0 saturated carbocycles. The van der Waals surface area contributed by atoms with Crippen molar-refractivity contribution in [2.75, 3.05) is 0 Å². The maximum absolute atomic E-state index is 13.7. The lowest BCUT2D eigenvalue weighted by atomic mass is 10.2. The standard InChI is InChI=1S/C14H7BrCl2F2N2/c15-8-3-7(1-2-10(8)18)21-13-5-11(19)9(17)4-12(13)20-14(21)6-16/h1-5H,6H2. The fraction of sp³-hybridized carbons (Fsp3) is 0.0714. The molecule has 0 radical (unpaired) electrons. The first-order valence-electron chi connectivity index (χ1n) is 5.89. The van der Waals surface area contributed by atoms with Crippen LogP contribution >= 0.6 is 39.1 Å². The van der Waals surface area contributed by atoms with E-state index in [9.17, 15) is 8.78 Å². The summed E-state index contributed by atoms with van der Waals surface area (Å²) in [5, 5.41) is -0.00596. The van der Waals surface area contributed by atoms with Gasteiger partial charge in [0.15, 0.2) is 0 Å². The Morgan fingerprint density at radius 2 is 1.90 bits per heavy atom. The smallest absolute Gasteiger partial charge is 0.144 e. The molecule has 0 atom stereocenters. The molecule has 0 aliphatic carbocycles. The minimum absolute atomic E-state index is 0.00596. The Balaban J connectivity index is 2.34. The van der Waals surface area contributed by atoms with Crippen molar-refractivity contribution in [1.82, 2.24) is 9.55 Å². The molecule has 0 unspecified atom stereocenters. The van der Waals surface area contributed by atoms with Crippen molar-refractivity contribution >= 4 is 50.2 Å². The molecular weight excluding hydrogens is 385 g/mol. The van der Waals surface area contributed by atoms with E-state index < -0.39 is 5.82 Å². The van der Waals surface area contributed by atoms with E-state index in [0.717, 1.165) is 0 Å². The highest BCUT2D eigenvalue weighted by Crippen LogP contribution is 2.29. The van der Waals surface area contributed by atoms with Gasteiger partial charge in [0.2, 0.25) is 0 Å². The van der Waals surface area contributed by atoms with Gasteiger partial charge in [-0.15, -0.1) is 11.6 Å². The molecule has 0 spiro atoms. The van der Waals surface area contributed by atoms with E-state index in [1.165, 1.54) is 18.2 Å². The Hall–Kier alpha value is -1.17. The van der Waals surface area contributed by atoms with E-state index in [0.29, 0.717) is 27.0 Å². The number of rotatable bonds is 2. The molecule has 3 rings (SSSR count). The van der Waals surface area contributed by atoms with Crippen LogP contribution in [0.2, 0.25) is 5.02 Å². The van der Waals surface area contributed by atoms with Gasteiger partial charge in [0.05, 0.1) is 26.4 Å². The van der Waals surface area contributed by atoms with Crippen LogP contribution in [0.5, 0.6) is 0 Å². The molecule has 2 aromatic carbocycles. The highest BCUT2D eigenvalue weighted by molar-refractivity contribution is 9.10. The zero-order chi connectivity index (χ0) is 15.1. The lowest BCUT2D eigenvalue weighted by Crippen LogP contribution is -2.00. The molecule has 0 amide bonds. The second-order valence-corrected chi connectivity index (χ2v) is 5.88. The van der Waals surface area contributed by atoms with E-state index in [-0.39, 0.29) is 16.7 Å². The van der Waals surface area contributed by atoms with Gasteiger partial charge in [0, 0.05) is 11.8 Å². The zero-order valence-electron chi connectivity index (χ0n) is 10.4. The van der Waals surface area contributed by atoms with Gasteiger partial charge >= 0.3 is 0 Å². The maximum atomic E-state index is 13.7. The van der Waals surface area contributed by atoms with Gasteiger partial charge in [-0.05, 0) is 40.2 Å². The number of aromatic nitrogens is 2. The lowest BCUT2D eigenvalue weighted by Gasteiger charge is -2.09. The summed E-state index contributed by atoms with van der Waals surface area (Å²) in [6.45, 7) is 0. The van der Waals surface area contributed by atoms with E-state index in [4.69, 9.17) is 23.2 Å². The number of nitrogens with zero attached hydrogens (tertiary/aromatic N) is 2. The van der Waals surface area contributed by atoms with Gasteiger partial charge in [-0.25, -0.2) is 13.8 Å². The maximum Gasteiger partial charge on any atom is 0.144 e. The van der Waals surface area contributed by atoms with Crippen LogP contribution in [-0.2, 0) is 5.88 Å². The fourth-order valence-electron chi connectivity index (χ4n) is 2.12. The lowest BCUT2D eigenvalue weighted by molar-refractivity contribution is 0.620. The molecule has 0 aliphatic heterocycles. The van der Waals surface area contributed by atoms with Crippen LogP contribution in [0.4, 0.5) is 8.78 Å². The van der Waals surface area contributed by atoms with Crippen LogP contribution in [-0.4, -0.2) is 9.55 Å². The van der Waals surface area contributed by atoms with Crippen LogP contribution in [0.1, 0.15) is 5.82 Å². The predicted octanol–water partition coefficient (Wildman–Crippen LogP) is 5.46. The molecule has 0 fully saturated rings. The van der Waals surface area contributed by atoms with E-state index in [1.807, 2.05) is 0 Å². The van der Waals surface area contributed by atoms with Gasteiger partial charge in [-0.2, -0.15) is 0 Å². The molecule has 108 valence electrons. The molecule has 0 N–H and O–H groups in total. The summed E-state index contributed by atoms with van der Waals surface area (Å²) in [5.41, 5.74) is 1.67. The number of hydrogen-bond donors (Lipinski definition) is 0. The minimum atomic E-state index is -0.549. The van der Waals surface area contributed by atoms with Gasteiger partial charge in [-0.1, -0.05) is 11.6 Å². The van der Waals surface area contributed by atoms with Crippen molar-refractivity contribution < 1.29 is 8.78 Å². The van der Waals surface area contributed by atoms with Crippen LogP contribution < -0.4 is 0 Å². The van der Waals surface area contributed by atoms with E-state index >= 15 is 0 Å². The molecule has 2 nitrogen and oxygen atoms in total. The highest BCUT2D eigenvalue weighted by Gasteiger charge is 2.15. The van der Waals surface area contributed by atoms with E-state index in [1.54, 1.807) is 16.7 Å². The number of halogens is 5. The molecule has 0 bridgehead atoms.